The summed E-state index contributed by atoms with van der Waals surface area (Å²) >= 11 is 7.43. The van der Waals surface area contributed by atoms with Crippen molar-refractivity contribution in [1.29, 1.82) is 0 Å². The summed E-state index contributed by atoms with van der Waals surface area (Å²) in [4.78, 5) is 11.7. The van der Waals surface area contributed by atoms with Gasteiger partial charge in [0.05, 0.1) is 17.1 Å². The van der Waals surface area contributed by atoms with Gasteiger partial charge in [0.1, 0.15) is 0 Å². The lowest BCUT2D eigenvalue weighted by atomic mass is 10.2. The number of carbonyl (C=O) groups is 1. The van der Waals surface area contributed by atoms with Crippen LogP contribution in [0.15, 0.2) is 18.2 Å². The van der Waals surface area contributed by atoms with E-state index in [1.807, 2.05) is 0 Å². The Kier molecular flexibility index (Phi) is 6.36. The average molecular weight is 287 g/mol. The van der Waals surface area contributed by atoms with Crippen molar-refractivity contribution in [3.8, 4) is 0 Å². The molecule has 0 fully saturated rings. The number of anilines is 2. The summed E-state index contributed by atoms with van der Waals surface area (Å²) in [7, 11) is 0. The molecule has 0 aliphatic heterocycles. The minimum Gasteiger partial charge on any atom is -0.397 e. The van der Waals surface area contributed by atoms with Gasteiger partial charge in [-0.1, -0.05) is 25.4 Å². The van der Waals surface area contributed by atoms with E-state index in [-0.39, 0.29) is 5.91 Å². The van der Waals surface area contributed by atoms with Gasteiger partial charge < -0.3 is 11.1 Å². The average Bonchev–Trinajstić information content (AvgIpc) is 2.28. The topological polar surface area (TPSA) is 55.1 Å². The van der Waals surface area contributed by atoms with Crippen molar-refractivity contribution in [3.05, 3.63) is 23.2 Å². The Morgan fingerprint density at radius 2 is 2.22 bits per heavy atom. The zero-order valence-electron chi connectivity index (χ0n) is 10.7. The van der Waals surface area contributed by atoms with Gasteiger partial charge in [0.2, 0.25) is 5.91 Å². The number of hydrogen-bond acceptors (Lipinski definition) is 3. The second-order valence-corrected chi connectivity index (χ2v) is 6.06. The van der Waals surface area contributed by atoms with Gasteiger partial charge in [-0.25, -0.2) is 0 Å². The third-order valence-corrected chi connectivity index (χ3v) is 3.59. The molecule has 1 aromatic rings. The first-order valence-corrected chi connectivity index (χ1v) is 7.45. The van der Waals surface area contributed by atoms with E-state index in [0.29, 0.717) is 28.1 Å². The Morgan fingerprint density at radius 3 is 2.83 bits per heavy atom. The van der Waals surface area contributed by atoms with E-state index in [0.717, 1.165) is 12.2 Å². The number of benzene rings is 1. The predicted octanol–water partition coefficient (Wildman–Crippen LogP) is 3.64. The monoisotopic (exact) mass is 286 g/mol. The zero-order chi connectivity index (χ0) is 13.5. The molecule has 0 aromatic heterocycles. The van der Waals surface area contributed by atoms with E-state index < -0.39 is 0 Å². The van der Waals surface area contributed by atoms with Crippen molar-refractivity contribution in [2.75, 3.05) is 22.6 Å². The zero-order valence-corrected chi connectivity index (χ0v) is 12.3. The highest BCUT2D eigenvalue weighted by Crippen LogP contribution is 2.22. The Morgan fingerprint density at radius 1 is 1.50 bits per heavy atom. The number of rotatable bonds is 6. The van der Waals surface area contributed by atoms with Gasteiger partial charge in [-0.2, -0.15) is 11.8 Å². The van der Waals surface area contributed by atoms with Gasteiger partial charge in [0.15, 0.2) is 0 Å². The van der Waals surface area contributed by atoms with Crippen molar-refractivity contribution in [2.45, 2.75) is 20.3 Å². The number of nitrogen functional groups attached to an aromatic ring is 1. The first kappa shape index (κ1) is 15.2. The van der Waals surface area contributed by atoms with Crippen LogP contribution in [0.25, 0.3) is 0 Å². The molecule has 0 atom stereocenters. The molecular formula is C13H19ClN2OS. The third kappa shape index (κ3) is 5.65. The minimum absolute atomic E-state index is 0.0298. The number of carbonyl (C=O) groups excluding carboxylic acids is 1. The highest BCUT2D eigenvalue weighted by molar-refractivity contribution is 7.99. The molecule has 1 amide bonds. The normalized spacial score (nSPS) is 10.7. The van der Waals surface area contributed by atoms with Crippen LogP contribution in [0, 0.1) is 5.92 Å². The molecule has 0 bridgehead atoms. The summed E-state index contributed by atoms with van der Waals surface area (Å²) < 4.78 is 0. The fourth-order valence-electron chi connectivity index (χ4n) is 1.32. The molecular weight excluding hydrogens is 268 g/mol. The van der Waals surface area contributed by atoms with E-state index in [2.05, 4.69) is 19.2 Å². The number of nitrogens with one attached hydrogen (secondary N) is 1. The fourth-order valence-corrected chi connectivity index (χ4v) is 2.54. The van der Waals surface area contributed by atoms with Crippen molar-refractivity contribution >= 4 is 40.6 Å². The lowest BCUT2D eigenvalue weighted by Crippen LogP contribution is -2.15. The van der Waals surface area contributed by atoms with E-state index in [1.54, 1.807) is 30.0 Å². The number of nitrogens with two attached hydrogens (primary N) is 1. The van der Waals surface area contributed by atoms with Crippen LogP contribution >= 0.6 is 23.4 Å². The van der Waals surface area contributed by atoms with Gasteiger partial charge in [0.25, 0.3) is 0 Å². The van der Waals surface area contributed by atoms with Gasteiger partial charge in [-0.05, 0) is 36.3 Å². The molecule has 18 heavy (non-hydrogen) atoms. The van der Waals surface area contributed by atoms with Crippen LogP contribution in [0.2, 0.25) is 5.02 Å². The van der Waals surface area contributed by atoms with Crippen LogP contribution in [-0.4, -0.2) is 17.4 Å². The molecule has 0 aliphatic carbocycles. The SMILES string of the molecule is CC(C)CCSCC(=O)Nc1ccc(Cl)cc1N. The summed E-state index contributed by atoms with van der Waals surface area (Å²) in [5.41, 5.74) is 6.87. The Labute approximate surface area is 117 Å². The third-order valence-electron chi connectivity index (χ3n) is 2.36. The van der Waals surface area contributed by atoms with E-state index in [9.17, 15) is 4.79 Å². The quantitative estimate of drug-likeness (QED) is 0.620. The van der Waals surface area contributed by atoms with Crippen molar-refractivity contribution in [3.63, 3.8) is 0 Å². The Bertz CT molecular complexity index is 410. The van der Waals surface area contributed by atoms with E-state index >= 15 is 0 Å². The van der Waals surface area contributed by atoms with Crippen LogP contribution in [0.5, 0.6) is 0 Å². The lowest BCUT2D eigenvalue weighted by molar-refractivity contribution is -0.113. The first-order chi connectivity index (χ1) is 8.49. The first-order valence-electron chi connectivity index (χ1n) is 5.91. The summed E-state index contributed by atoms with van der Waals surface area (Å²) in [5.74, 6) is 2.10. The molecule has 0 unspecified atom stereocenters. The number of amides is 1. The van der Waals surface area contributed by atoms with Gasteiger partial charge in [-0.15, -0.1) is 0 Å². The van der Waals surface area contributed by atoms with Crippen molar-refractivity contribution in [2.24, 2.45) is 5.92 Å². The molecule has 0 saturated heterocycles. The maximum Gasteiger partial charge on any atom is 0.234 e. The molecule has 0 saturated carbocycles. The smallest absolute Gasteiger partial charge is 0.234 e. The highest BCUT2D eigenvalue weighted by atomic mass is 35.5. The van der Waals surface area contributed by atoms with Crippen LogP contribution < -0.4 is 11.1 Å². The maximum absolute atomic E-state index is 11.7. The van der Waals surface area contributed by atoms with Gasteiger partial charge in [0, 0.05) is 5.02 Å². The standard InChI is InChI=1S/C13H19ClN2OS/c1-9(2)5-6-18-8-13(17)16-12-4-3-10(14)7-11(12)15/h3-4,7,9H,5-6,8,15H2,1-2H3,(H,16,17). The molecule has 3 nitrogen and oxygen atoms in total. The molecule has 5 heteroatoms. The predicted molar refractivity (Wildman–Crippen MR) is 81.3 cm³/mol. The lowest BCUT2D eigenvalue weighted by Gasteiger charge is -2.08. The molecule has 0 radical (unpaired) electrons. The number of thioether (sulfide) groups is 1. The van der Waals surface area contributed by atoms with Gasteiger partial charge >= 0.3 is 0 Å². The van der Waals surface area contributed by atoms with Gasteiger partial charge in [-0.3, -0.25) is 4.79 Å². The largest absolute Gasteiger partial charge is 0.397 e. The molecule has 0 spiro atoms. The second-order valence-electron chi connectivity index (χ2n) is 4.51. The maximum atomic E-state index is 11.7. The van der Waals surface area contributed by atoms with E-state index in [4.69, 9.17) is 17.3 Å². The summed E-state index contributed by atoms with van der Waals surface area (Å²) in [6.07, 6.45) is 1.13. The highest BCUT2D eigenvalue weighted by Gasteiger charge is 2.06. The second kappa shape index (κ2) is 7.54. The molecule has 0 heterocycles. The van der Waals surface area contributed by atoms with E-state index in [1.165, 1.54) is 0 Å². The summed E-state index contributed by atoms with van der Waals surface area (Å²) in [5, 5.41) is 3.35. The fraction of sp³-hybridized carbons (Fsp3) is 0.462. The molecule has 1 aromatic carbocycles. The van der Waals surface area contributed by atoms with Crippen LogP contribution in [-0.2, 0) is 4.79 Å². The molecule has 3 N–H and O–H groups in total. The molecule has 100 valence electrons. The number of hydrogen-bond donors (Lipinski definition) is 2. The van der Waals surface area contributed by atoms with Crippen LogP contribution in [0.1, 0.15) is 20.3 Å². The molecule has 0 aliphatic rings. The van der Waals surface area contributed by atoms with Crippen molar-refractivity contribution in [1.82, 2.24) is 0 Å². The van der Waals surface area contributed by atoms with Crippen molar-refractivity contribution < 1.29 is 4.79 Å². The molecule has 1 rings (SSSR count). The Hall–Kier alpha value is -0.870. The van der Waals surface area contributed by atoms with Crippen LogP contribution in [0.3, 0.4) is 0 Å². The summed E-state index contributed by atoms with van der Waals surface area (Å²) in [6.45, 7) is 4.35. The minimum atomic E-state index is -0.0298. The number of halogens is 1. The Balaban J connectivity index is 2.35. The van der Waals surface area contributed by atoms with Crippen LogP contribution in [0.4, 0.5) is 11.4 Å². The summed E-state index contributed by atoms with van der Waals surface area (Å²) in [6, 6.07) is 5.05.